The summed E-state index contributed by atoms with van der Waals surface area (Å²) in [5.74, 6) is 0.865. The average Bonchev–Trinajstić information content (AvgIpc) is 3.23. The Balaban J connectivity index is 1.63. The highest BCUT2D eigenvalue weighted by Crippen LogP contribution is 2.37. The standard InChI is InChI=1S/C15H18N4OS/c1-18(2)14(20)12-5-3-11(4-6-12)9-21-15-17-16-10-19(15)13-7-8-13/h3-6,10,13H,7-9H2,1-2H3. The van der Waals surface area contributed by atoms with Gasteiger partial charge in [0.1, 0.15) is 6.33 Å². The van der Waals surface area contributed by atoms with Gasteiger partial charge in [0.25, 0.3) is 5.91 Å². The minimum Gasteiger partial charge on any atom is -0.345 e. The van der Waals surface area contributed by atoms with Crippen molar-refractivity contribution < 1.29 is 4.79 Å². The molecule has 1 fully saturated rings. The van der Waals surface area contributed by atoms with Gasteiger partial charge in [0.15, 0.2) is 5.16 Å². The number of carbonyl (C=O) groups is 1. The van der Waals surface area contributed by atoms with Gasteiger partial charge in [-0.25, -0.2) is 0 Å². The fraction of sp³-hybridized carbons (Fsp3) is 0.400. The van der Waals surface area contributed by atoms with E-state index in [1.807, 2.05) is 30.6 Å². The van der Waals surface area contributed by atoms with Crippen LogP contribution in [0.5, 0.6) is 0 Å². The molecule has 1 aromatic heterocycles. The van der Waals surface area contributed by atoms with Crippen LogP contribution in [0.1, 0.15) is 34.8 Å². The second kappa shape index (κ2) is 5.89. The maximum Gasteiger partial charge on any atom is 0.253 e. The smallest absolute Gasteiger partial charge is 0.253 e. The molecule has 0 radical (unpaired) electrons. The molecule has 1 aliphatic rings. The lowest BCUT2D eigenvalue weighted by atomic mass is 10.1. The number of hydrogen-bond acceptors (Lipinski definition) is 4. The van der Waals surface area contributed by atoms with Crippen molar-refractivity contribution in [2.24, 2.45) is 0 Å². The van der Waals surface area contributed by atoms with E-state index in [0.29, 0.717) is 6.04 Å². The van der Waals surface area contributed by atoms with Gasteiger partial charge in [0.2, 0.25) is 0 Å². The quantitative estimate of drug-likeness (QED) is 0.797. The number of benzene rings is 1. The van der Waals surface area contributed by atoms with Crippen LogP contribution in [0.4, 0.5) is 0 Å². The number of aromatic nitrogens is 3. The van der Waals surface area contributed by atoms with Crippen molar-refractivity contribution >= 4 is 17.7 Å². The predicted molar refractivity (Wildman–Crippen MR) is 82.3 cm³/mol. The monoisotopic (exact) mass is 302 g/mol. The average molecular weight is 302 g/mol. The van der Waals surface area contributed by atoms with Crippen molar-refractivity contribution in [1.82, 2.24) is 19.7 Å². The number of nitrogens with zero attached hydrogens (tertiary/aromatic N) is 4. The third kappa shape index (κ3) is 3.26. The van der Waals surface area contributed by atoms with Gasteiger partial charge in [-0.1, -0.05) is 23.9 Å². The van der Waals surface area contributed by atoms with Gasteiger partial charge in [0, 0.05) is 31.5 Å². The van der Waals surface area contributed by atoms with E-state index < -0.39 is 0 Å². The lowest BCUT2D eigenvalue weighted by molar-refractivity contribution is 0.0827. The summed E-state index contributed by atoms with van der Waals surface area (Å²) in [7, 11) is 3.52. The highest BCUT2D eigenvalue weighted by atomic mass is 32.2. The van der Waals surface area contributed by atoms with Crippen molar-refractivity contribution in [3.8, 4) is 0 Å². The van der Waals surface area contributed by atoms with Gasteiger partial charge >= 0.3 is 0 Å². The van der Waals surface area contributed by atoms with E-state index in [9.17, 15) is 4.79 Å². The third-order valence-corrected chi connectivity index (χ3v) is 4.48. The molecular weight excluding hydrogens is 284 g/mol. The van der Waals surface area contributed by atoms with E-state index in [1.54, 1.807) is 30.8 Å². The third-order valence-electron chi connectivity index (χ3n) is 3.46. The van der Waals surface area contributed by atoms with E-state index in [1.165, 1.54) is 18.4 Å². The molecule has 0 aliphatic heterocycles. The fourth-order valence-electron chi connectivity index (χ4n) is 2.09. The zero-order valence-corrected chi connectivity index (χ0v) is 13.0. The molecule has 21 heavy (non-hydrogen) atoms. The molecule has 1 aromatic carbocycles. The first-order valence-electron chi connectivity index (χ1n) is 6.98. The van der Waals surface area contributed by atoms with Crippen LogP contribution in [0.2, 0.25) is 0 Å². The Labute approximate surface area is 128 Å². The Morgan fingerprint density at radius 3 is 2.67 bits per heavy atom. The summed E-state index contributed by atoms with van der Waals surface area (Å²) in [6.45, 7) is 0. The summed E-state index contributed by atoms with van der Waals surface area (Å²) >= 11 is 1.69. The minimum absolute atomic E-state index is 0.0303. The molecule has 6 heteroatoms. The molecule has 2 aromatic rings. The van der Waals surface area contributed by atoms with Crippen LogP contribution in [0.25, 0.3) is 0 Å². The molecule has 1 aliphatic carbocycles. The van der Waals surface area contributed by atoms with Gasteiger partial charge in [-0.05, 0) is 30.5 Å². The SMILES string of the molecule is CN(C)C(=O)c1ccc(CSc2nncn2C2CC2)cc1. The molecule has 1 heterocycles. The Hall–Kier alpha value is -1.82. The molecule has 0 saturated heterocycles. The first kappa shape index (κ1) is 14.1. The topological polar surface area (TPSA) is 51.0 Å². The van der Waals surface area contributed by atoms with E-state index >= 15 is 0 Å². The zero-order chi connectivity index (χ0) is 14.8. The predicted octanol–water partition coefficient (Wildman–Crippen LogP) is 2.61. The van der Waals surface area contributed by atoms with Crippen LogP contribution < -0.4 is 0 Å². The fourth-order valence-corrected chi connectivity index (χ4v) is 3.03. The zero-order valence-electron chi connectivity index (χ0n) is 12.2. The van der Waals surface area contributed by atoms with Crippen LogP contribution in [-0.2, 0) is 5.75 Å². The van der Waals surface area contributed by atoms with E-state index in [-0.39, 0.29) is 5.91 Å². The lowest BCUT2D eigenvalue weighted by Gasteiger charge is -2.10. The normalized spacial score (nSPS) is 14.2. The highest BCUT2D eigenvalue weighted by molar-refractivity contribution is 7.98. The Morgan fingerprint density at radius 1 is 1.33 bits per heavy atom. The minimum atomic E-state index is 0.0303. The van der Waals surface area contributed by atoms with Crippen molar-refractivity contribution in [2.45, 2.75) is 29.8 Å². The Morgan fingerprint density at radius 2 is 2.05 bits per heavy atom. The summed E-state index contributed by atoms with van der Waals surface area (Å²) in [4.78, 5) is 13.4. The molecule has 5 nitrogen and oxygen atoms in total. The number of thioether (sulfide) groups is 1. The van der Waals surface area contributed by atoms with Crippen LogP contribution in [0, 0.1) is 0 Å². The number of hydrogen-bond donors (Lipinski definition) is 0. The van der Waals surface area contributed by atoms with Crippen molar-refractivity contribution in [3.63, 3.8) is 0 Å². The van der Waals surface area contributed by atoms with Crippen LogP contribution in [0.3, 0.4) is 0 Å². The molecule has 0 atom stereocenters. The molecule has 0 spiro atoms. The largest absolute Gasteiger partial charge is 0.345 e. The summed E-state index contributed by atoms with van der Waals surface area (Å²) in [5.41, 5.74) is 1.90. The molecule has 3 rings (SSSR count). The van der Waals surface area contributed by atoms with E-state index in [2.05, 4.69) is 14.8 Å². The molecule has 0 bridgehead atoms. The summed E-state index contributed by atoms with van der Waals surface area (Å²) in [6, 6.07) is 8.36. The summed E-state index contributed by atoms with van der Waals surface area (Å²) < 4.78 is 2.16. The van der Waals surface area contributed by atoms with Gasteiger partial charge in [-0.3, -0.25) is 4.79 Å². The first-order valence-corrected chi connectivity index (χ1v) is 7.96. The van der Waals surface area contributed by atoms with Gasteiger partial charge in [0.05, 0.1) is 0 Å². The number of carbonyl (C=O) groups excluding carboxylic acids is 1. The van der Waals surface area contributed by atoms with Gasteiger partial charge < -0.3 is 9.47 Å². The van der Waals surface area contributed by atoms with Crippen molar-refractivity contribution in [2.75, 3.05) is 14.1 Å². The molecule has 1 amide bonds. The molecule has 0 N–H and O–H groups in total. The van der Waals surface area contributed by atoms with Crippen LogP contribution in [0.15, 0.2) is 35.7 Å². The first-order chi connectivity index (χ1) is 10.1. The maximum atomic E-state index is 11.8. The van der Waals surface area contributed by atoms with Crippen LogP contribution in [-0.4, -0.2) is 39.7 Å². The van der Waals surface area contributed by atoms with Crippen molar-refractivity contribution in [3.05, 3.63) is 41.7 Å². The number of rotatable bonds is 5. The Kier molecular flexibility index (Phi) is 3.96. The van der Waals surface area contributed by atoms with Crippen molar-refractivity contribution in [1.29, 1.82) is 0 Å². The molecule has 0 unspecified atom stereocenters. The van der Waals surface area contributed by atoms with Gasteiger partial charge in [-0.2, -0.15) is 0 Å². The van der Waals surface area contributed by atoms with Gasteiger partial charge in [-0.15, -0.1) is 10.2 Å². The maximum absolute atomic E-state index is 11.8. The summed E-state index contributed by atoms with van der Waals surface area (Å²) in [6.07, 6.45) is 4.28. The lowest BCUT2D eigenvalue weighted by Crippen LogP contribution is -2.21. The van der Waals surface area contributed by atoms with Crippen LogP contribution >= 0.6 is 11.8 Å². The Bertz CT molecular complexity index is 631. The molecular formula is C15H18N4OS. The second-order valence-corrected chi connectivity index (χ2v) is 6.38. The molecule has 110 valence electrons. The van der Waals surface area contributed by atoms with E-state index in [4.69, 9.17) is 0 Å². The summed E-state index contributed by atoms with van der Waals surface area (Å²) in [5, 5.41) is 9.15. The number of amides is 1. The molecule has 1 saturated carbocycles. The van der Waals surface area contributed by atoms with E-state index in [0.717, 1.165) is 16.5 Å². The second-order valence-electron chi connectivity index (χ2n) is 5.44. The highest BCUT2D eigenvalue weighted by Gasteiger charge is 2.26.